The first-order valence-corrected chi connectivity index (χ1v) is 7.89. The first kappa shape index (κ1) is 19.0. The third-order valence-corrected chi connectivity index (χ3v) is 4.09. The fourth-order valence-corrected chi connectivity index (χ4v) is 2.71. The Hall–Kier alpha value is -1.02. The Kier molecular flexibility index (Phi) is 7.95. The zero-order valence-electron chi connectivity index (χ0n) is 12.8. The monoisotopic (exact) mass is 317 g/mol. The summed E-state index contributed by atoms with van der Waals surface area (Å²) in [5, 5.41) is 41.4. The Morgan fingerprint density at radius 1 is 1.05 bits per heavy atom. The van der Waals surface area contributed by atoms with E-state index in [-0.39, 0.29) is 12.8 Å². The highest BCUT2D eigenvalue weighted by molar-refractivity contribution is 5.85. The standard InChI is InChI=1S/C15H27NO6/c17-8-6-4-2-1-3-5-7-16-14(21)15(22)9-11(18)13(20)12(19)10-15/h8,11-13,18-20,22H,1-7,9-10H2,(H,16,21)/t11-,12?,13?,15?/m1/s1. The minimum atomic E-state index is -1.85. The maximum absolute atomic E-state index is 12.0. The predicted octanol–water partition coefficient (Wildman–Crippen LogP) is -0.750. The van der Waals surface area contributed by atoms with Crippen LogP contribution < -0.4 is 5.32 Å². The second kappa shape index (κ2) is 9.19. The highest BCUT2D eigenvalue weighted by Crippen LogP contribution is 2.29. The number of hydrogen-bond acceptors (Lipinski definition) is 6. The molecule has 1 fully saturated rings. The number of aliphatic hydroxyl groups is 4. The number of unbranched alkanes of at least 4 members (excludes halogenated alkanes) is 5. The SMILES string of the molecule is O=CCCCCCCCNC(=O)C1(O)CC(O)C(O)[C@H](O)C1. The molecule has 1 amide bonds. The van der Waals surface area contributed by atoms with Crippen molar-refractivity contribution < 1.29 is 30.0 Å². The third-order valence-electron chi connectivity index (χ3n) is 4.09. The second-order valence-corrected chi connectivity index (χ2v) is 6.04. The minimum absolute atomic E-state index is 0.289. The molecule has 0 aromatic carbocycles. The van der Waals surface area contributed by atoms with Gasteiger partial charge in [0.05, 0.1) is 12.2 Å². The molecule has 0 radical (unpaired) electrons. The molecule has 1 saturated carbocycles. The molecule has 7 nitrogen and oxygen atoms in total. The highest BCUT2D eigenvalue weighted by atomic mass is 16.4. The molecule has 0 heterocycles. The van der Waals surface area contributed by atoms with Crippen LogP contribution in [-0.4, -0.2) is 63.1 Å². The number of hydrogen-bond donors (Lipinski definition) is 5. The van der Waals surface area contributed by atoms with E-state index in [1.165, 1.54) is 0 Å². The molecule has 128 valence electrons. The summed E-state index contributed by atoms with van der Waals surface area (Å²) in [7, 11) is 0. The molecule has 0 bridgehead atoms. The molecule has 0 spiro atoms. The average molecular weight is 317 g/mol. The molecule has 0 aromatic heterocycles. The van der Waals surface area contributed by atoms with Gasteiger partial charge >= 0.3 is 0 Å². The van der Waals surface area contributed by atoms with Crippen molar-refractivity contribution in [3.63, 3.8) is 0 Å². The van der Waals surface area contributed by atoms with E-state index in [2.05, 4.69) is 5.32 Å². The third kappa shape index (κ3) is 5.64. The van der Waals surface area contributed by atoms with Crippen LogP contribution in [0.4, 0.5) is 0 Å². The molecule has 0 saturated heterocycles. The average Bonchev–Trinajstić information content (AvgIpc) is 2.47. The molecule has 1 rings (SSSR count). The van der Waals surface area contributed by atoms with Crippen molar-refractivity contribution in [3.05, 3.63) is 0 Å². The molecular formula is C15H27NO6. The van der Waals surface area contributed by atoms with E-state index in [0.29, 0.717) is 13.0 Å². The van der Waals surface area contributed by atoms with Gasteiger partial charge in [-0.15, -0.1) is 0 Å². The van der Waals surface area contributed by atoms with Crippen LogP contribution in [0.2, 0.25) is 0 Å². The lowest BCUT2D eigenvalue weighted by Gasteiger charge is -2.39. The van der Waals surface area contributed by atoms with Crippen LogP contribution >= 0.6 is 0 Å². The molecule has 1 aliphatic rings. The van der Waals surface area contributed by atoms with Crippen molar-refractivity contribution in [2.24, 2.45) is 0 Å². The van der Waals surface area contributed by atoms with Gasteiger partial charge in [-0.05, 0) is 12.8 Å². The smallest absolute Gasteiger partial charge is 0.252 e. The summed E-state index contributed by atoms with van der Waals surface area (Å²) in [4.78, 5) is 22.1. The van der Waals surface area contributed by atoms with E-state index in [0.717, 1.165) is 38.4 Å². The number of amides is 1. The summed E-state index contributed by atoms with van der Waals surface area (Å²) in [5.74, 6) is -0.626. The molecule has 0 aromatic rings. The van der Waals surface area contributed by atoms with Gasteiger partial charge in [0.1, 0.15) is 18.0 Å². The molecule has 22 heavy (non-hydrogen) atoms. The second-order valence-electron chi connectivity index (χ2n) is 6.04. The summed E-state index contributed by atoms with van der Waals surface area (Å²) in [5.41, 5.74) is -1.85. The van der Waals surface area contributed by atoms with Gasteiger partial charge in [0.2, 0.25) is 0 Å². The first-order chi connectivity index (χ1) is 10.4. The summed E-state index contributed by atoms with van der Waals surface area (Å²) < 4.78 is 0. The van der Waals surface area contributed by atoms with E-state index in [1.54, 1.807) is 0 Å². The van der Waals surface area contributed by atoms with Crippen molar-refractivity contribution in [3.8, 4) is 0 Å². The van der Waals surface area contributed by atoms with Crippen LogP contribution in [0.5, 0.6) is 0 Å². The zero-order valence-corrected chi connectivity index (χ0v) is 12.8. The quantitative estimate of drug-likeness (QED) is 0.281. The lowest BCUT2D eigenvalue weighted by atomic mass is 9.79. The first-order valence-electron chi connectivity index (χ1n) is 7.89. The molecule has 1 aliphatic carbocycles. The van der Waals surface area contributed by atoms with Crippen LogP contribution in [0.15, 0.2) is 0 Å². The fraction of sp³-hybridized carbons (Fsp3) is 0.867. The van der Waals surface area contributed by atoms with Crippen molar-refractivity contribution in [2.75, 3.05) is 6.54 Å². The molecule has 5 N–H and O–H groups in total. The Balaban J connectivity index is 2.23. The molecule has 3 unspecified atom stereocenters. The predicted molar refractivity (Wildman–Crippen MR) is 79.0 cm³/mol. The fourth-order valence-electron chi connectivity index (χ4n) is 2.71. The van der Waals surface area contributed by atoms with Gasteiger partial charge in [-0.1, -0.05) is 19.3 Å². The number of aldehydes is 1. The lowest BCUT2D eigenvalue weighted by molar-refractivity contribution is -0.172. The topological polar surface area (TPSA) is 127 Å². The Bertz CT molecular complexity index is 350. The maximum Gasteiger partial charge on any atom is 0.252 e. The largest absolute Gasteiger partial charge is 0.390 e. The van der Waals surface area contributed by atoms with Crippen molar-refractivity contribution in [1.82, 2.24) is 5.32 Å². The van der Waals surface area contributed by atoms with Crippen molar-refractivity contribution in [2.45, 2.75) is 75.3 Å². The number of rotatable bonds is 9. The minimum Gasteiger partial charge on any atom is -0.390 e. The molecule has 0 aliphatic heterocycles. The number of nitrogens with one attached hydrogen (secondary N) is 1. The number of carbonyl (C=O) groups excluding carboxylic acids is 2. The number of carbonyl (C=O) groups is 2. The van der Waals surface area contributed by atoms with Gasteiger partial charge in [-0.2, -0.15) is 0 Å². The van der Waals surface area contributed by atoms with E-state index in [4.69, 9.17) is 0 Å². The van der Waals surface area contributed by atoms with Crippen molar-refractivity contribution in [1.29, 1.82) is 0 Å². The van der Waals surface area contributed by atoms with Gasteiger partial charge in [-0.3, -0.25) is 4.79 Å². The van der Waals surface area contributed by atoms with Gasteiger partial charge < -0.3 is 30.5 Å². The number of aliphatic hydroxyl groups excluding tert-OH is 3. The van der Waals surface area contributed by atoms with Crippen LogP contribution in [-0.2, 0) is 9.59 Å². The Labute approximate surface area is 130 Å². The van der Waals surface area contributed by atoms with Crippen LogP contribution in [0.1, 0.15) is 51.4 Å². The summed E-state index contributed by atoms with van der Waals surface area (Å²) in [6.45, 7) is 0.406. The molecule has 7 heteroatoms. The Morgan fingerprint density at radius 3 is 2.18 bits per heavy atom. The van der Waals surface area contributed by atoms with E-state index >= 15 is 0 Å². The van der Waals surface area contributed by atoms with Crippen LogP contribution in [0.25, 0.3) is 0 Å². The maximum atomic E-state index is 12.0. The Morgan fingerprint density at radius 2 is 1.59 bits per heavy atom. The van der Waals surface area contributed by atoms with Gasteiger partial charge in [0.25, 0.3) is 5.91 Å². The lowest BCUT2D eigenvalue weighted by Crippen LogP contribution is -2.59. The van der Waals surface area contributed by atoms with Crippen LogP contribution in [0, 0.1) is 0 Å². The summed E-state index contributed by atoms with van der Waals surface area (Å²) in [6, 6.07) is 0. The van der Waals surface area contributed by atoms with Gasteiger partial charge in [0.15, 0.2) is 0 Å². The van der Waals surface area contributed by atoms with E-state index in [1.807, 2.05) is 0 Å². The van der Waals surface area contributed by atoms with Gasteiger partial charge in [0, 0.05) is 25.8 Å². The van der Waals surface area contributed by atoms with Gasteiger partial charge in [-0.25, -0.2) is 0 Å². The van der Waals surface area contributed by atoms with Crippen LogP contribution in [0.3, 0.4) is 0 Å². The molecular weight excluding hydrogens is 290 g/mol. The van der Waals surface area contributed by atoms with Crippen molar-refractivity contribution >= 4 is 12.2 Å². The highest BCUT2D eigenvalue weighted by Gasteiger charge is 2.48. The summed E-state index contributed by atoms with van der Waals surface area (Å²) in [6.07, 6.45) is 1.46. The summed E-state index contributed by atoms with van der Waals surface area (Å²) >= 11 is 0. The molecule has 4 atom stereocenters. The zero-order chi connectivity index (χ0) is 16.6. The normalized spacial score (nSPS) is 31.7. The van der Waals surface area contributed by atoms with E-state index in [9.17, 15) is 30.0 Å². The van der Waals surface area contributed by atoms with E-state index < -0.39 is 29.8 Å².